The van der Waals surface area contributed by atoms with Crippen molar-refractivity contribution in [2.45, 2.75) is 40.2 Å². The van der Waals surface area contributed by atoms with Crippen LogP contribution >= 0.6 is 0 Å². The lowest BCUT2D eigenvalue weighted by molar-refractivity contribution is -0.144. The highest BCUT2D eigenvalue weighted by Gasteiger charge is 2.50. The predicted molar refractivity (Wildman–Crippen MR) is 76.3 cm³/mol. The lowest BCUT2D eigenvalue weighted by atomic mass is 9.98. The maximum Gasteiger partial charge on any atom is 0.310 e. The molecule has 2 rings (SSSR count). The van der Waals surface area contributed by atoms with Crippen molar-refractivity contribution in [2.75, 3.05) is 13.6 Å². The third kappa shape index (κ3) is 2.81. The first-order valence-corrected chi connectivity index (χ1v) is 6.83. The van der Waals surface area contributed by atoms with Crippen LogP contribution in [0.25, 0.3) is 0 Å². The van der Waals surface area contributed by atoms with Crippen molar-refractivity contribution in [3.05, 3.63) is 34.4 Å². The number of carboxylic acids is 1. The number of hydrogen-bond acceptors (Lipinski definition) is 2. The van der Waals surface area contributed by atoms with Crippen LogP contribution in [0.3, 0.4) is 0 Å². The zero-order valence-corrected chi connectivity index (χ0v) is 12.3. The highest BCUT2D eigenvalue weighted by Crippen LogP contribution is 2.46. The Morgan fingerprint density at radius 2 is 1.89 bits per heavy atom. The molecule has 19 heavy (non-hydrogen) atoms. The van der Waals surface area contributed by atoms with E-state index in [1.807, 2.05) is 7.05 Å². The summed E-state index contributed by atoms with van der Waals surface area (Å²) in [5, 5.41) is 9.23. The number of carboxylic acid groups (broad SMARTS) is 1. The average Bonchev–Trinajstić information content (AvgIpc) is 3.11. The number of hydrogen-bond donors (Lipinski definition) is 1. The van der Waals surface area contributed by atoms with Crippen LogP contribution in [-0.4, -0.2) is 29.6 Å². The Bertz CT molecular complexity index is 504. The number of carbonyl (C=O) groups is 1. The molecule has 1 fully saturated rings. The largest absolute Gasteiger partial charge is 0.481 e. The summed E-state index contributed by atoms with van der Waals surface area (Å²) in [5.74, 6) is -0.642. The summed E-state index contributed by atoms with van der Waals surface area (Å²) in [6.45, 7) is 7.89. The topological polar surface area (TPSA) is 40.5 Å². The molecular formula is C16H23NO2. The third-order valence-electron chi connectivity index (χ3n) is 4.49. The minimum atomic E-state index is -0.642. The molecule has 0 heterocycles. The number of benzene rings is 1. The average molecular weight is 261 g/mol. The molecule has 3 heteroatoms. The van der Waals surface area contributed by atoms with Gasteiger partial charge in [0.1, 0.15) is 0 Å². The summed E-state index contributed by atoms with van der Waals surface area (Å²) in [6.07, 6.45) is 1.64. The third-order valence-corrected chi connectivity index (χ3v) is 4.49. The first-order valence-electron chi connectivity index (χ1n) is 6.83. The second kappa shape index (κ2) is 4.97. The molecule has 0 atom stereocenters. The molecule has 104 valence electrons. The molecule has 1 saturated carbocycles. The maximum absolute atomic E-state index is 11.2. The van der Waals surface area contributed by atoms with Crippen LogP contribution in [0.2, 0.25) is 0 Å². The summed E-state index contributed by atoms with van der Waals surface area (Å²) in [7, 11) is 2.01. The van der Waals surface area contributed by atoms with Gasteiger partial charge >= 0.3 is 5.97 Å². The second-order valence-corrected chi connectivity index (χ2v) is 6.05. The Labute approximate surface area is 115 Å². The molecule has 0 amide bonds. The van der Waals surface area contributed by atoms with Gasteiger partial charge in [0.2, 0.25) is 0 Å². The molecule has 1 aliphatic rings. The normalized spacial score (nSPS) is 16.7. The smallest absolute Gasteiger partial charge is 0.310 e. The van der Waals surface area contributed by atoms with Crippen LogP contribution in [0, 0.1) is 26.2 Å². The maximum atomic E-state index is 11.2. The zero-order valence-electron chi connectivity index (χ0n) is 12.3. The summed E-state index contributed by atoms with van der Waals surface area (Å²) >= 11 is 0. The molecular weight excluding hydrogens is 238 g/mol. The number of rotatable bonds is 5. The van der Waals surface area contributed by atoms with Crippen LogP contribution in [0.5, 0.6) is 0 Å². The SMILES string of the molecule is Cc1ccc(CN(C)CC2(C(=O)O)CC2)c(C)c1C. The Hall–Kier alpha value is -1.35. The highest BCUT2D eigenvalue weighted by molar-refractivity contribution is 5.78. The van der Waals surface area contributed by atoms with E-state index in [9.17, 15) is 9.90 Å². The fraction of sp³-hybridized carbons (Fsp3) is 0.562. The van der Waals surface area contributed by atoms with Gasteiger partial charge in [-0.15, -0.1) is 0 Å². The van der Waals surface area contributed by atoms with Gasteiger partial charge < -0.3 is 10.0 Å². The molecule has 0 aromatic heterocycles. The van der Waals surface area contributed by atoms with E-state index in [-0.39, 0.29) is 0 Å². The zero-order chi connectivity index (χ0) is 14.2. The molecule has 0 saturated heterocycles. The van der Waals surface area contributed by atoms with Gasteiger partial charge in [-0.3, -0.25) is 4.79 Å². The fourth-order valence-electron chi connectivity index (χ4n) is 2.64. The van der Waals surface area contributed by atoms with Crippen molar-refractivity contribution in [3.63, 3.8) is 0 Å². The molecule has 0 spiro atoms. The van der Waals surface area contributed by atoms with E-state index in [4.69, 9.17) is 0 Å². The van der Waals surface area contributed by atoms with Crippen LogP contribution in [0.4, 0.5) is 0 Å². The molecule has 0 aliphatic heterocycles. The molecule has 1 N–H and O–H groups in total. The van der Waals surface area contributed by atoms with Gasteiger partial charge in [0.25, 0.3) is 0 Å². The van der Waals surface area contributed by atoms with Crippen molar-refractivity contribution in [2.24, 2.45) is 5.41 Å². The standard InChI is InChI=1S/C16H23NO2/c1-11-5-6-14(13(3)12(11)2)9-17(4)10-16(7-8-16)15(18)19/h5-6H,7-10H2,1-4H3,(H,18,19). The van der Waals surface area contributed by atoms with Gasteiger partial charge in [0.15, 0.2) is 0 Å². The summed E-state index contributed by atoms with van der Waals surface area (Å²) in [6, 6.07) is 4.31. The lowest BCUT2D eigenvalue weighted by Gasteiger charge is -2.22. The Morgan fingerprint density at radius 1 is 1.26 bits per heavy atom. The van der Waals surface area contributed by atoms with Crippen LogP contribution in [0.15, 0.2) is 12.1 Å². The van der Waals surface area contributed by atoms with E-state index in [0.717, 1.165) is 19.4 Å². The van der Waals surface area contributed by atoms with Gasteiger partial charge in [-0.05, 0) is 62.9 Å². The van der Waals surface area contributed by atoms with Crippen molar-refractivity contribution >= 4 is 5.97 Å². The van der Waals surface area contributed by atoms with Gasteiger partial charge in [-0.2, -0.15) is 0 Å². The summed E-state index contributed by atoms with van der Waals surface area (Å²) in [5.41, 5.74) is 4.81. The van der Waals surface area contributed by atoms with Crippen LogP contribution < -0.4 is 0 Å². The van der Waals surface area contributed by atoms with Gasteiger partial charge in [0, 0.05) is 13.1 Å². The Morgan fingerprint density at radius 3 is 2.42 bits per heavy atom. The minimum absolute atomic E-state index is 0.470. The molecule has 0 bridgehead atoms. The number of aliphatic carboxylic acids is 1. The van der Waals surface area contributed by atoms with Crippen molar-refractivity contribution in [1.82, 2.24) is 4.90 Å². The molecule has 0 radical (unpaired) electrons. The Kier molecular flexibility index (Phi) is 3.68. The highest BCUT2D eigenvalue weighted by atomic mass is 16.4. The van der Waals surface area contributed by atoms with E-state index in [0.29, 0.717) is 6.54 Å². The number of nitrogens with zero attached hydrogens (tertiary/aromatic N) is 1. The van der Waals surface area contributed by atoms with Crippen molar-refractivity contribution in [1.29, 1.82) is 0 Å². The van der Waals surface area contributed by atoms with E-state index in [1.54, 1.807) is 0 Å². The van der Waals surface area contributed by atoms with E-state index in [1.165, 1.54) is 22.3 Å². The minimum Gasteiger partial charge on any atom is -0.481 e. The van der Waals surface area contributed by atoms with Gasteiger partial charge in [-0.25, -0.2) is 0 Å². The van der Waals surface area contributed by atoms with Crippen LogP contribution in [-0.2, 0) is 11.3 Å². The van der Waals surface area contributed by atoms with E-state index < -0.39 is 11.4 Å². The summed E-state index contributed by atoms with van der Waals surface area (Å²) < 4.78 is 0. The first-order chi connectivity index (χ1) is 8.85. The Balaban J connectivity index is 2.06. The lowest BCUT2D eigenvalue weighted by Crippen LogP contribution is -2.31. The fourth-order valence-corrected chi connectivity index (χ4v) is 2.64. The van der Waals surface area contributed by atoms with Crippen molar-refractivity contribution < 1.29 is 9.90 Å². The van der Waals surface area contributed by atoms with Gasteiger partial charge in [0.05, 0.1) is 5.41 Å². The van der Waals surface area contributed by atoms with Gasteiger partial charge in [-0.1, -0.05) is 12.1 Å². The molecule has 1 aliphatic carbocycles. The quantitative estimate of drug-likeness (QED) is 0.886. The second-order valence-electron chi connectivity index (χ2n) is 6.05. The van der Waals surface area contributed by atoms with Crippen LogP contribution in [0.1, 0.15) is 35.1 Å². The number of aryl methyl sites for hydroxylation is 1. The summed E-state index contributed by atoms with van der Waals surface area (Å²) in [4.78, 5) is 13.3. The van der Waals surface area contributed by atoms with E-state index >= 15 is 0 Å². The molecule has 3 nitrogen and oxygen atoms in total. The first kappa shape index (κ1) is 14.1. The molecule has 1 aromatic carbocycles. The van der Waals surface area contributed by atoms with E-state index in [2.05, 4.69) is 37.8 Å². The van der Waals surface area contributed by atoms with Crippen molar-refractivity contribution in [3.8, 4) is 0 Å². The molecule has 1 aromatic rings. The molecule has 0 unspecified atom stereocenters. The monoisotopic (exact) mass is 261 g/mol. The predicted octanol–water partition coefficient (Wildman–Crippen LogP) is 2.91.